The fourth-order valence-electron chi connectivity index (χ4n) is 3.40. The molecule has 1 aliphatic heterocycles. The molecule has 0 bridgehead atoms. The van der Waals surface area contributed by atoms with Crippen LogP contribution in [0.25, 0.3) is 10.4 Å². The molecule has 0 unspecified atom stereocenters. The number of ether oxygens (including phenoxy) is 1. The second kappa shape index (κ2) is 7.31. The summed E-state index contributed by atoms with van der Waals surface area (Å²) in [5.74, 6) is 0.486. The summed E-state index contributed by atoms with van der Waals surface area (Å²) in [7, 11) is -1.80. The number of carbonyl (C=O) groups is 1. The molecular formula is C22H21NO4S2. The Morgan fingerprint density at radius 3 is 2.48 bits per heavy atom. The Labute approximate surface area is 174 Å². The molecule has 0 radical (unpaired) electrons. The number of thiophene rings is 1. The maximum Gasteiger partial charge on any atom is 0.261 e. The third kappa shape index (κ3) is 3.68. The molecule has 1 aliphatic rings. The van der Waals surface area contributed by atoms with Crippen molar-refractivity contribution in [1.82, 2.24) is 5.32 Å². The van der Waals surface area contributed by atoms with Gasteiger partial charge in [-0.05, 0) is 66.4 Å². The highest BCUT2D eigenvalue weighted by atomic mass is 32.2. The lowest BCUT2D eigenvalue weighted by Crippen LogP contribution is -2.21. The first-order valence-corrected chi connectivity index (χ1v) is 11.6. The number of sulfone groups is 1. The molecule has 2 heterocycles. The number of hydrogen-bond acceptors (Lipinski definition) is 5. The zero-order chi connectivity index (χ0) is 20.8. The summed E-state index contributed by atoms with van der Waals surface area (Å²) in [5, 5.41) is 2.91. The van der Waals surface area contributed by atoms with E-state index in [2.05, 4.69) is 5.32 Å². The summed E-state index contributed by atoms with van der Waals surface area (Å²) in [5.41, 5.74) is 4.34. The standard InChI is InChI=1S/C22H21NO4S2/c1-13-8-18-20(9-14(13)2)29(25,26)12-16-10-19(28-21(16)18)22(24)23-11-15-4-6-17(27-3)7-5-15/h4-10H,11-12H2,1-3H3,(H,23,24). The topological polar surface area (TPSA) is 72.5 Å². The predicted molar refractivity (Wildman–Crippen MR) is 114 cm³/mol. The van der Waals surface area contributed by atoms with E-state index < -0.39 is 9.84 Å². The molecule has 2 aromatic carbocycles. The average Bonchev–Trinajstić information content (AvgIpc) is 3.11. The fraction of sp³-hybridized carbons (Fsp3) is 0.227. The normalized spacial score (nSPS) is 14.0. The van der Waals surface area contributed by atoms with Gasteiger partial charge in [-0.2, -0.15) is 0 Å². The zero-order valence-electron chi connectivity index (χ0n) is 16.4. The average molecular weight is 428 g/mol. The van der Waals surface area contributed by atoms with E-state index in [1.165, 1.54) is 11.3 Å². The van der Waals surface area contributed by atoms with E-state index in [1.54, 1.807) is 19.2 Å². The molecule has 29 heavy (non-hydrogen) atoms. The first-order valence-electron chi connectivity index (χ1n) is 9.16. The van der Waals surface area contributed by atoms with Crippen LogP contribution in [0.15, 0.2) is 47.4 Å². The van der Waals surface area contributed by atoms with Gasteiger partial charge in [0.1, 0.15) is 5.75 Å². The summed E-state index contributed by atoms with van der Waals surface area (Å²) in [6, 6.07) is 12.8. The number of hydrogen-bond donors (Lipinski definition) is 1. The molecule has 1 N–H and O–H groups in total. The number of aryl methyl sites for hydroxylation is 2. The Hall–Kier alpha value is -2.64. The highest BCUT2D eigenvalue weighted by molar-refractivity contribution is 7.91. The van der Waals surface area contributed by atoms with Crippen LogP contribution in [0.5, 0.6) is 5.75 Å². The van der Waals surface area contributed by atoms with E-state index >= 15 is 0 Å². The largest absolute Gasteiger partial charge is 0.497 e. The molecule has 7 heteroatoms. The molecule has 0 aliphatic carbocycles. The Morgan fingerprint density at radius 2 is 1.79 bits per heavy atom. The van der Waals surface area contributed by atoms with E-state index in [0.29, 0.717) is 27.4 Å². The van der Waals surface area contributed by atoms with Crippen molar-refractivity contribution in [3.05, 3.63) is 69.6 Å². The molecule has 0 saturated carbocycles. The molecule has 150 valence electrons. The van der Waals surface area contributed by atoms with Crippen molar-refractivity contribution >= 4 is 27.1 Å². The minimum Gasteiger partial charge on any atom is -0.497 e. The van der Waals surface area contributed by atoms with Crippen LogP contribution in [0, 0.1) is 13.8 Å². The number of nitrogens with one attached hydrogen (secondary N) is 1. The van der Waals surface area contributed by atoms with Crippen molar-refractivity contribution in [1.29, 1.82) is 0 Å². The molecule has 4 rings (SSSR count). The number of methoxy groups -OCH3 is 1. The quantitative estimate of drug-likeness (QED) is 0.675. The first kappa shape index (κ1) is 19.7. The van der Waals surface area contributed by atoms with Crippen LogP contribution in [0.1, 0.15) is 31.9 Å². The van der Waals surface area contributed by atoms with Gasteiger partial charge in [-0.3, -0.25) is 4.79 Å². The highest BCUT2D eigenvalue weighted by Crippen LogP contribution is 2.43. The maximum atomic E-state index is 12.7. The lowest BCUT2D eigenvalue weighted by Gasteiger charge is -2.18. The number of rotatable bonds is 4. The Morgan fingerprint density at radius 1 is 1.10 bits per heavy atom. The van der Waals surface area contributed by atoms with Crippen LogP contribution in [-0.2, 0) is 22.1 Å². The van der Waals surface area contributed by atoms with Crippen LogP contribution < -0.4 is 10.1 Å². The van der Waals surface area contributed by atoms with Gasteiger partial charge in [-0.15, -0.1) is 11.3 Å². The van der Waals surface area contributed by atoms with Crippen molar-refractivity contribution in [2.24, 2.45) is 0 Å². The molecule has 5 nitrogen and oxygen atoms in total. The van der Waals surface area contributed by atoms with Gasteiger partial charge in [-0.1, -0.05) is 12.1 Å². The molecule has 1 amide bonds. The van der Waals surface area contributed by atoms with Crippen LogP contribution in [0.4, 0.5) is 0 Å². The van der Waals surface area contributed by atoms with Gasteiger partial charge in [0.25, 0.3) is 5.91 Å². The molecule has 1 aromatic heterocycles. The van der Waals surface area contributed by atoms with Gasteiger partial charge in [0.05, 0.1) is 22.6 Å². The summed E-state index contributed by atoms with van der Waals surface area (Å²) in [4.78, 5) is 14.4. The van der Waals surface area contributed by atoms with Crippen LogP contribution in [0.3, 0.4) is 0 Å². The molecule has 0 fully saturated rings. The summed E-state index contributed by atoms with van der Waals surface area (Å²) >= 11 is 1.35. The first-order chi connectivity index (χ1) is 13.8. The lowest BCUT2D eigenvalue weighted by atomic mass is 10.0. The Kier molecular flexibility index (Phi) is 4.96. The summed E-state index contributed by atoms with van der Waals surface area (Å²) < 4.78 is 30.6. The van der Waals surface area contributed by atoms with E-state index in [-0.39, 0.29) is 11.7 Å². The molecule has 3 aromatic rings. The fourth-order valence-corrected chi connectivity index (χ4v) is 6.32. The van der Waals surface area contributed by atoms with Gasteiger partial charge in [0.2, 0.25) is 0 Å². The number of benzene rings is 2. The van der Waals surface area contributed by atoms with Crippen LogP contribution in [-0.4, -0.2) is 21.4 Å². The van der Waals surface area contributed by atoms with E-state index in [0.717, 1.165) is 27.3 Å². The van der Waals surface area contributed by atoms with Crippen molar-refractivity contribution in [2.45, 2.75) is 31.0 Å². The Bertz CT molecular complexity index is 1210. The van der Waals surface area contributed by atoms with Gasteiger partial charge in [-0.25, -0.2) is 8.42 Å². The summed E-state index contributed by atoms with van der Waals surface area (Å²) in [6.45, 7) is 4.26. The molecular weight excluding hydrogens is 406 g/mol. The zero-order valence-corrected chi connectivity index (χ0v) is 18.0. The van der Waals surface area contributed by atoms with Crippen molar-refractivity contribution in [3.8, 4) is 16.2 Å². The predicted octanol–water partition coefficient (Wildman–Crippen LogP) is 4.26. The van der Waals surface area contributed by atoms with Crippen molar-refractivity contribution in [2.75, 3.05) is 7.11 Å². The number of carbonyl (C=O) groups excluding carboxylic acids is 1. The maximum absolute atomic E-state index is 12.7. The summed E-state index contributed by atoms with van der Waals surface area (Å²) in [6.07, 6.45) is 0. The smallest absolute Gasteiger partial charge is 0.261 e. The second-order valence-electron chi connectivity index (χ2n) is 7.19. The number of fused-ring (bicyclic) bond motifs is 3. The van der Waals surface area contributed by atoms with E-state index in [9.17, 15) is 13.2 Å². The van der Waals surface area contributed by atoms with E-state index in [4.69, 9.17) is 4.74 Å². The van der Waals surface area contributed by atoms with Crippen LogP contribution in [0.2, 0.25) is 0 Å². The highest BCUT2D eigenvalue weighted by Gasteiger charge is 2.31. The minimum absolute atomic E-state index is 0.0694. The molecule has 0 saturated heterocycles. The van der Waals surface area contributed by atoms with Crippen molar-refractivity contribution in [3.63, 3.8) is 0 Å². The van der Waals surface area contributed by atoms with Gasteiger partial charge in [0.15, 0.2) is 9.84 Å². The van der Waals surface area contributed by atoms with Crippen molar-refractivity contribution < 1.29 is 17.9 Å². The second-order valence-corrected chi connectivity index (χ2v) is 10.2. The minimum atomic E-state index is -3.41. The molecule has 0 atom stereocenters. The third-order valence-corrected chi connectivity index (χ3v) is 8.07. The van der Waals surface area contributed by atoms with E-state index in [1.807, 2.05) is 44.2 Å². The lowest BCUT2D eigenvalue weighted by molar-refractivity contribution is 0.0955. The van der Waals surface area contributed by atoms with Gasteiger partial charge < -0.3 is 10.1 Å². The van der Waals surface area contributed by atoms with Gasteiger partial charge in [0, 0.05) is 17.0 Å². The molecule has 0 spiro atoms. The monoisotopic (exact) mass is 427 g/mol. The SMILES string of the molecule is COc1ccc(CNC(=O)c2cc3c(s2)-c2cc(C)c(C)cc2S(=O)(=O)C3)cc1. The number of amides is 1. The Balaban J connectivity index is 1.61. The van der Waals surface area contributed by atoms with Crippen LogP contribution >= 0.6 is 11.3 Å². The third-order valence-electron chi connectivity index (χ3n) is 5.17. The van der Waals surface area contributed by atoms with Gasteiger partial charge >= 0.3 is 0 Å².